The van der Waals surface area contributed by atoms with E-state index in [1.54, 1.807) is 13.0 Å². The van der Waals surface area contributed by atoms with Crippen LogP contribution in [-0.2, 0) is 16.0 Å². The highest BCUT2D eigenvalue weighted by Gasteiger charge is 2.47. The van der Waals surface area contributed by atoms with E-state index in [0.29, 0.717) is 18.5 Å². The van der Waals surface area contributed by atoms with Gasteiger partial charge in [-0.1, -0.05) is 36.4 Å². The van der Waals surface area contributed by atoms with Crippen LogP contribution in [0, 0.1) is 3.57 Å². The van der Waals surface area contributed by atoms with Crippen molar-refractivity contribution in [1.29, 1.82) is 0 Å². The van der Waals surface area contributed by atoms with Crippen LogP contribution in [0.5, 0.6) is 0 Å². The molecule has 0 aromatic heterocycles. The summed E-state index contributed by atoms with van der Waals surface area (Å²) in [6.45, 7) is 1.39. The van der Waals surface area contributed by atoms with Crippen LogP contribution in [0.1, 0.15) is 18.9 Å². The number of nitrogens with zero attached hydrogens (tertiary/aromatic N) is 1. The Labute approximate surface area is 171 Å². The number of anilines is 1. The van der Waals surface area contributed by atoms with Gasteiger partial charge < -0.3 is 10.6 Å². The molecule has 140 valence electrons. The Morgan fingerprint density at radius 2 is 1.89 bits per heavy atom. The quantitative estimate of drug-likeness (QED) is 0.496. The van der Waals surface area contributed by atoms with Gasteiger partial charge in [0.05, 0.1) is 0 Å². The fourth-order valence-corrected chi connectivity index (χ4v) is 3.55. The van der Waals surface area contributed by atoms with E-state index in [9.17, 15) is 14.4 Å². The SMILES string of the molecule is C[C@]1(CCc2ccccc2)NC(=O)N(CC(=O)Nc2cccc(I)c2)C1=O. The molecule has 27 heavy (non-hydrogen) atoms. The average molecular weight is 477 g/mol. The molecule has 1 atom stereocenters. The van der Waals surface area contributed by atoms with Crippen LogP contribution in [0.4, 0.5) is 10.5 Å². The molecule has 0 radical (unpaired) electrons. The van der Waals surface area contributed by atoms with Crippen molar-refractivity contribution in [3.05, 3.63) is 63.7 Å². The number of urea groups is 1. The predicted molar refractivity (Wildman–Crippen MR) is 111 cm³/mol. The zero-order valence-electron chi connectivity index (χ0n) is 14.9. The molecule has 1 heterocycles. The molecule has 2 N–H and O–H groups in total. The van der Waals surface area contributed by atoms with Crippen LogP contribution < -0.4 is 10.6 Å². The van der Waals surface area contributed by atoms with E-state index in [1.807, 2.05) is 48.5 Å². The molecule has 2 aromatic rings. The molecular formula is C20H20IN3O3. The maximum atomic E-state index is 12.8. The standard InChI is InChI=1S/C20H20IN3O3/c1-20(11-10-14-6-3-2-4-7-14)18(26)24(19(27)23-20)13-17(25)22-16-9-5-8-15(21)12-16/h2-9,12H,10-11,13H2,1H3,(H,22,25)(H,23,27)/t20-/m1/s1. The van der Waals surface area contributed by atoms with Gasteiger partial charge in [0.2, 0.25) is 5.91 Å². The zero-order valence-corrected chi connectivity index (χ0v) is 17.0. The number of nitrogens with one attached hydrogen (secondary N) is 2. The monoisotopic (exact) mass is 477 g/mol. The Kier molecular flexibility index (Phi) is 5.79. The molecule has 4 amide bonds. The van der Waals surface area contributed by atoms with E-state index in [1.165, 1.54) is 0 Å². The molecule has 3 rings (SSSR count). The maximum Gasteiger partial charge on any atom is 0.325 e. The number of hydrogen-bond acceptors (Lipinski definition) is 3. The van der Waals surface area contributed by atoms with E-state index in [-0.39, 0.29) is 12.5 Å². The molecule has 0 bridgehead atoms. The summed E-state index contributed by atoms with van der Waals surface area (Å²) in [4.78, 5) is 38.3. The van der Waals surface area contributed by atoms with Crippen molar-refractivity contribution >= 4 is 46.1 Å². The number of imide groups is 1. The third kappa shape index (κ3) is 4.65. The Hall–Kier alpha value is -2.42. The third-order valence-corrected chi connectivity index (χ3v) is 5.18. The van der Waals surface area contributed by atoms with Crippen LogP contribution in [0.15, 0.2) is 54.6 Å². The molecule has 1 aliphatic rings. The second-order valence-corrected chi connectivity index (χ2v) is 7.94. The maximum absolute atomic E-state index is 12.8. The first kappa shape index (κ1) is 19.3. The Balaban J connectivity index is 1.62. The summed E-state index contributed by atoms with van der Waals surface area (Å²) in [5.41, 5.74) is 0.719. The first-order valence-electron chi connectivity index (χ1n) is 8.61. The number of halogens is 1. The minimum absolute atomic E-state index is 0.308. The Bertz CT molecular complexity index is 872. The number of carbonyl (C=O) groups excluding carboxylic acids is 3. The minimum Gasteiger partial charge on any atom is -0.324 e. The fourth-order valence-electron chi connectivity index (χ4n) is 3.01. The highest BCUT2D eigenvalue weighted by molar-refractivity contribution is 14.1. The third-order valence-electron chi connectivity index (χ3n) is 4.51. The van der Waals surface area contributed by atoms with Crippen LogP contribution in [0.25, 0.3) is 0 Å². The first-order valence-corrected chi connectivity index (χ1v) is 9.69. The van der Waals surface area contributed by atoms with Crippen LogP contribution >= 0.6 is 22.6 Å². The number of hydrogen-bond donors (Lipinski definition) is 2. The van der Waals surface area contributed by atoms with Crippen LogP contribution in [0.3, 0.4) is 0 Å². The van der Waals surface area contributed by atoms with Crippen LogP contribution in [-0.4, -0.2) is 34.8 Å². The van der Waals surface area contributed by atoms with Crippen molar-refractivity contribution in [2.45, 2.75) is 25.3 Å². The van der Waals surface area contributed by atoms with Gasteiger partial charge in [0.15, 0.2) is 0 Å². The van der Waals surface area contributed by atoms with Crippen molar-refractivity contribution in [3.63, 3.8) is 0 Å². The molecule has 7 heteroatoms. The molecule has 6 nitrogen and oxygen atoms in total. The highest BCUT2D eigenvalue weighted by atomic mass is 127. The van der Waals surface area contributed by atoms with Gasteiger partial charge in [0.25, 0.3) is 5.91 Å². The summed E-state index contributed by atoms with van der Waals surface area (Å²) in [6.07, 6.45) is 1.13. The molecular weight excluding hydrogens is 457 g/mol. The summed E-state index contributed by atoms with van der Waals surface area (Å²) in [5, 5.41) is 5.45. The van der Waals surface area contributed by atoms with E-state index >= 15 is 0 Å². The summed E-state index contributed by atoms with van der Waals surface area (Å²) in [7, 11) is 0. The summed E-state index contributed by atoms with van der Waals surface area (Å²) >= 11 is 2.15. The normalized spacial score (nSPS) is 19.1. The second kappa shape index (κ2) is 8.08. The fraction of sp³-hybridized carbons (Fsp3) is 0.250. The average Bonchev–Trinajstić information content (AvgIpc) is 2.84. The smallest absolute Gasteiger partial charge is 0.324 e. The van der Waals surface area contributed by atoms with E-state index in [4.69, 9.17) is 0 Å². The number of rotatable bonds is 6. The molecule has 0 spiro atoms. The molecule has 2 aromatic carbocycles. The predicted octanol–water partition coefficient (Wildman–Crippen LogP) is 3.17. The lowest BCUT2D eigenvalue weighted by Gasteiger charge is -2.21. The molecule has 0 aliphatic carbocycles. The van der Waals surface area contributed by atoms with Gasteiger partial charge in [0, 0.05) is 9.26 Å². The molecule has 1 saturated heterocycles. The van der Waals surface area contributed by atoms with Gasteiger partial charge in [-0.25, -0.2) is 4.79 Å². The lowest BCUT2D eigenvalue weighted by molar-refractivity contribution is -0.133. The number of aryl methyl sites for hydroxylation is 1. The van der Waals surface area contributed by atoms with Gasteiger partial charge in [-0.15, -0.1) is 0 Å². The molecule has 0 saturated carbocycles. The lowest BCUT2D eigenvalue weighted by Crippen LogP contribution is -2.45. The minimum atomic E-state index is -1.00. The Morgan fingerprint density at radius 3 is 2.59 bits per heavy atom. The van der Waals surface area contributed by atoms with Crippen molar-refractivity contribution < 1.29 is 14.4 Å². The summed E-state index contributed by atoms with van der Waals surface area (Å²) in [6, 6.07) is 16.5. The second-order valence-electron chi connectivity index (χ2n) is 6.70. The topological polar surface area (TPSA) is 78.5 Å². The summed E-state index contributed by atoms with van der Waals surface area (Å²) < 4.78 is 0.980. The number of benzene rings is 2. The van der Waals surface area contributed by atoms with Crippen molar-refractivity contribution in [1.82, 2.24) is 10.2 Å². The zero-order chi connectivity index (χ0) is 19.4. The van der Waals surface area contributed by atoms with Crippen LogP contribution in [0.2, 0.25) is 0 Å². The van der Waals surface area contributed by atoms with Crippen molar-refractivity contribution in [3.8, 4) is 0 Å². The van der Waals surface area contributed by atoms with Crippen molar-refractivity contribution in [2.24, 2.45) is 0 Å². The summed E-state index contributed by atoms with van der Waals surface area (Å²) in [5.74, 6) is -0.783. The number of carbonyl (C=O) groups is 3. The molecule has 0 unspecified atom stereocenters. The Morgan fingerprint density at radius 1 is 1.15 bits per heavy atom. The van der Waals surface area contributed by atoms with Crippen molar-refractivity contribution in [2.75, 3.05) is 11.9 Å². The van der Waals surface area contributed by atoms with Gasteiger partial charge in [-0.2, -0.15) is 0 Å². The largest absolute Gasteiger partial charge is 0.325 e. The van der Waals surface area contributed by atoms with Gasteiger partial charge in [-0.05, 0) is 66.1 Å². The lowest BCUT2D eigenvalue weighted by atomic mass is 9.93. The molecule has 1 aliphatic heterocycles. The van der Waals surface area contributed by atoms with E-state index in [0.717, 1.165) is 14.0 Å². The van der Waals surface area contributed by atoms with E-state index < -0.39 is 17.5 Å². The number of amides is 4. The van der Waals surface area contributed by atoms with Gasteiger partial charge >= 0.3 is 6.03 Å². The first-order chi connectivity index (χ1) is 12.9. The van der Waals surface area contributed by atoms with E-state index in [2.05, 4.69) is 33.2 Å². The van der Waals surface area contributed by atoms with Gasteiger partial charge in [0.1, 0.15) is 12.1 Å². The highest BCUT2D eigenvalue weighted by Crippen LogP contribution is 2.23. The molecule has 1 fully saturated rings. The van der Waals surface area contributed by atoms with Gasteiger partial charge in [-0.3, -0.25) is 14.5 Å².